The lowest BCUT2D eigenvalue weighted by Gasteiger charge is -2.19. The third kappa shape index (κ3) is 4.05. The first-order chi connectivity index (χ1) is 13.3. The van der Waals surface area contributed by atoms with Crippen molar-refractivity contribution in [2.45, 2.75) is 62.3 Å². The maximum Gasteiger partial charge on any atom is 0.320 e. The van der Waals surface area contributed by atoms with E-state index in [4.69, 9.17) is 27.0 Å². The zero-order valence-electron chi connectivity index (χ0n) is 15.1. The van der Waals surface area contributed by atoms with Crippen LogP contribution in [0, 0.1) is 0 Å². The molecule has 3 heterocycles. The number of fused-ring (bicyclic) bond motifs is 1. The molecule has 0 aromatic carbocycles. The molecule has 12 heteroatoms. The van der Waals surface area contributed by atoms with Gasteiger partial charge in [0, 0.05) is 6.04 Å². The quantitative estimate of drug-likeness (QED) is 0.297. The molecule has 9 N–H and O–H groups in total. The Morgan fingerprint density at radius 3 is 2.68 bits per heavy atom. The topological polar surface area (TPSA) is 209 Å². The van der Waals surface area contributed by atoms with Gasteiger partial charge in [0.25, 0.3) is 0 Å². The van der Waals surface area contributed by atoms with Gasteiger partial charge in [0.1, 0.15) is 30.1 Å². The fourth-order valence-corrected chi connectivity index (χ4v) is 3.35. The van der Waals surface area contributed by atoms with E-state index in [9.17, 15) is 15.0 Å². The lowest BCUT2D eigenvalue weighted by Crippen LogP contribution is -2.36. The predicted octanol–water partition coefficient (Wildman–Crippen LogP) is -1.67. The highest BCUT2D eigenvalue weighted by Gasteiger charge is 2.44. The monoisotopic (exact) mass is 395 g/mol. The summed E-state index contributed by atoms with van der Waals surface area (Å²) in [5.41, 5.74) is 18.1. The molecule has 154 valence electrons. The van der Waals surface area contributed by atoms with Gasteiger partial charge in [0.2, 0.25) is 0 Å². The Kier molecular flexibility index (Phi) is 6.05. The van der Waals surface area contributed by atoms with E-state index in [0.29, 0.717) is 36.8 Å². The smallest absolute Gasteiger partial charge is 0.320 e. The van der Waals surface area contributed by atoms with E-state index >= 15 is 0 Å². The van der Waals surface area contributed by atoms with Gasteiger partial charge in [-0.2, -0.15) is 0 Å². The van der Waals surface area contributed by atoms with E-state index in [1.165, 1.54) is 17.2 Å². The lowest BCUT2D eigenvalue weighted by molar-refractivity contribution is -0.138. The van der Waals surface area contributed by atoms with E-state index in [1.807, 2.05) is 0 Å². The number of aromatic nitrogens is 4. The molecule has 6 atom stereocenters. The lowest BCUT2D eigenvalue weighted by atomic mass is 9.98. The standard InChI is InChI=1S/C16H25N7O5/c17-7(2-1-3-8(18)16(26)27)4-9-11(24)12(25)15(28-9)23-6-22-10-13(19)20-5-21-14(10)23/h5-9,11-12,15,24-25H,1-4,17-18H2,(H,26,27)(H2,19,20,21)/t7-,8+,9-,11-,12-,15-/m1/s1. The first kappa shape index (κ1) is 20.4. The molecule has 3 rings (SSSR count). The van der Waals surface area contributed by atoms with Crippen LogP contribution in [0.25, 0.3) is 11.2 Å². The molecule has 0 saturated carbocycles. The highest BCUT2D eigenvalue weighted by atomic mass is 16.6. The van der Waals surface area contributed by atoms with Crippen molar-refractivity contribution in [3.8, 4) is 0 Å². The van der Waals surface area contributed by atoms with Gasteiger partial charge in [-0.3, -0.25) is 9.36 Å². The van der Waals surface area contributed by atoms with Gasteiger partial charge in [-0.1, -0.05) is 0 Å². The van der Waals surface area contributed by atoms with Crippen LogP contribution in [0.1, 0.15) is 31.9 Å². The number of aliphatic hydroxyl groups is 2. The van der Waals surface area contributed by atoms with Crippen LogP contribution in [0.5, 0.6) is 0 Å². The Bertz CT molecular complexity index is 831. The minimum Gasteiger partial charge on any atom is -0.480 e. The fourth-order valence-electron chi connectivity index (χ4n) is 3.35. The summed E-state index contributed by atoms with van der Waals surface area (Å²) in [5.74, 6) is -0.846. The summed E-state index contributed by atoms with van der Waals surface area (Å²) >= 11 is 0. The van der Waals surface area contributed by atoms with Crippen LogP contribution in [0.15, 0.2) is 12.7 Å². The van der Waals surface area contributed by atoms with Crippen LogP contribution >= 0.6 is 0 Å². The number of rotatable bonds is 8. The third-order valence-electron chi connectivity index (χ3n) is 4.94. The molecule has 1 aliphatic rings. The van der Waals surface area contributed by atoms with E-state index < -0.39 is 36.6 Å². The molecule has 1 fully saturated rings. The van der Waals surface area contributed by atoms with Crippen LogP contribution < -0.4 is 17.2 Å². The fraction of sp³-hybridized carbons (Fsp3) is 0.625. The molecule has 2 aromatic rings. The van der Waals surface area contributed by atoms with Crippen molar-refractivity contribution >= 4 is 23.0 Å². The molecule has 2 aromatic heterocycles. The molecule has 28 heavy (non-hydrogen) atoms. The Morgan fingerprint density at radius 1 is 1.21 bits per heavy atom. The zero-order valence-corrected chi connectivity index (χ0v) is 15.1. The molecule has 0 radical (unpaired) electrons. The molecular formula is C16H25N7O5. The maximum absolute atomic E-state index is 10.7. The van der Waals surface area contributed by atoms with E-state index in [-0.39, 0.29) is 11.9 Å². The highest BCUT2D eigenvalue weighted by Crippen LogP contribution is 2.33. The van der Waals surface area contributed by atoms with Crippen LogP contribution in [0.3, 0.4) is 0 Å². The highest BCUT2D eigenvalue weighted by molar-refractivity contribution is 5.81. The Morgan fingerprint density at radius 2 is 1.96 bits per heavy atom. The molecule has 12 nitrogen and oxygen atoms in total. The zero-order chi connectivity index (χ0) is 20.4. The van der Waals surface area contributed by atoms with Crippen molar-refractivity contribution in [1.82, 2.24) is 19.5 Å². The number of nitrogens with two attached hydrogens (primary N) is 3. The number of nitrogens with zero attached hydrogens (tertiary/aromatic N) is 4. The SMILES string of the molecule is Nc1ncnc2c1ncn2[C@@H]1O[C@H](C[C@H](N)CCC[C@H](N)C(=O)O)[C@@H](O)[C@H]1O. The Hall–Kier alpha value is -2.38. The average Bonchev–Trinajstić information content (AvgIpc) is 3.19. The van der Waals surface area contributed by atoms with Gasteiger partial charge in [-0.25, -0.2) is 15.0 Å². The van der Waals surface area contributed by atoms with Crippen molar-refractivity contribution in [1.29, 1.82) is 0 Å². The minimum atomic E-state index is -1.20. The number of carboxylic acids is 1. The number of aliphatic carboxylic acids is 1. The van der Waals surface area contributed by atoms with E-state index in [2.05, 4.69) is 15.0 Å². The number of ether oxygens (including phenoxy) is 1. The van der Waals surface area contributed by atoms with Gasteiger partial charge in [0.15, 0.2) is 17.7 Å². The minimum absolute atomic E-state index is 0.204. The van der Waals surface area contributed by atoms with Crippen LogP contribution in [-0.4, -0.2) is 71.2 Å². The predicted molar refractivity (Wildman–Crippen MR) is 97.7 cm³/mol. The molecule has 0 unspecified atom stereocenters. The number of aliphatic hydroxyl groups excluding tert-OH is 2. The summed E-state index contributed by atoms with van der Waals surface area (Å²) in [5, 5.41) is 29.6. The third-order valence-corrected chi connectivity index (χ3v) is 4.94. The van der Waals surface area contributed by atoms with Crippen molar-refractivity contribution in [2.24, 2.45) is 11.5 Å². The number of hydrogen-bond donors (Lipinski definition) is 6. The second-order valence-electron chi connectivity index (χ2n) is 7.00. The molecule has 0 spiro atoms. The molecule has 0 amide bonds. The number of imidazole rings is 1. The number of carboxylic acid groups (broad SMARTS) is 1. The molecule has 0 bridgehead atoms. The summed E-state index contributed by atoms with van der Waals surface area (Å²) in [6, 6.07) is -1.26. The van der Waals surface area contributed by atoms with Crippen molar-refractivity contribution in [2.75, 3.05) is 5.73 Å². The second-order valence-corrected chi connectivity index (χ2v) is 7.00. The van der Waals surface area contributed by atoms with Crippen LogP contribution in [0.4, 0.5) is 5.82 Å². The summed E-state index contributed by atoms with van der Waals surface area (Å²) in [6.07, 6.45) is 0.421. The number of anilines is 1. The summed E-state index contributed by atoms with van der Waals surface area (Å²) in [7, 11) is 0. The number of hydrogen-bond acceptors (Lipinski definition) is 10. The number of carbonyl (C=O) groups is 1. The van der Waals surface area contributed by atoms with Crippen molar-refractivity contribution in [3.63, 3.8) is 0 Å². The van der Waals surface area contributed by atoms with Crippen LogP contribution in [0.2, 0.25) is 0 Å². The van der Waals surface area contributed by atoms with Crippen molar-refractivity contribution < 1.29 is 24.9 Å². The molecular weight excluding hydrogens is 370 g/mol. The van der Waals surface area contributed by atoms with Gasteiger partial charge in [-0.05, 0) is 25.7 Å². The molecule has 1 aliphatic heterocycles. The average molecular weight is 395 g/mol. The summed E-state index contributed by atoms with van der Waals surface area (Å²) in [6.45, 7) is 0. The number of nitrogen functional groups attached to an aromatic ring is 1. The Balaban J connectivity index is 1.62. The Labute approximate surface area is 160 Å². The normalized spacial score (nSPS) is 27.1. The van der Waals surface area contributed by atoms with E-state index in [0.717, 1.165) is 0 Å². The van der Waals surface area contributed by atoms with Gasteiger partial charge >= 0.3 is 5.97 Å². The van der Waals surface area contributed by atoms with Crippen molar-refractivity contribution in [3.05, 3.63) is 12.7 Å². The summed E-state index contributed by atoms with van der Waals surface area (Å²) in [4.78, 5) is 22.8. The largest absolute Gasteiger partial charge is 0.480 e. The van der Waals surface area contributed by atoms with Crippen LogP contribution in [-0.2, 0) is 9.53 Å². The first-order valence-corrected chi connectivity index (χ1v) is 8.98. The van der Waals surface area contributed by atoms with Gasteiger partial charge in [0.05, 0.1) is 12.4 Å². The van der Waals surface area contributed by atoms with Gasteiger partial charge < -0.3 is 37.3 Å². The summed E-state index contributed by atoms with van der Waals surface area (Å²) < 4.78 is 7.34. The first-order valence-electron chi connectivity index (χ1n) is 8.98. The van der Waals surface area contributed by atoms with E-state index in [1.54, 1.807) is 0 Å². The maximum atomic E-state index is 10.7. The van der Waals surface area contributed by atoms with Gasteiger partial charge in [-0.15, -0.1) is 0 Å². The second kappa shape index (κ2) is 8.32. The molecule has 1 saturated heterocycles. The molecule has 0 aliphatic carbocycles.